The highest BCUT2D eigenvalue weighted by molar-refractivity contribution is 5.88. The molecule has 2 rings (SSSR count). The Balaban J connectivity index is 2.40. The van der Waals surface area contributed by atoms with Crippen molar-refractivity contribution in [1.29, 1.82) is 0 Å². The van der Waals surface area contributed by atoms with E-state index >= 15 is 0 Å². The molecule has 2 aromatic rings. The van der Waals surface area contributed by atoms with E-state index in [0.717, 1.165) is 6.42 Å². The predicted molar refractivity (Wildman–Crippen MR) is 84.2 cm³/mol. The fourth-order valence-corrected chi connectivity index (χ4v) is 1.83. The molecule has 22 heavy (non-hydrogen) atoms. The molecule has 0 unspecified atom stereocenters. The molecule has 2 amide bonds. The van der Waals surface area contributed by atoms with Crippen molar-refractivity contribution >= 4 is 11.8 Å². The third-order valence-corrected chi connectivity index (χ3v) is 2.81. The van der Waals surface area contributed by atoms with E-state index in [1.165, 1.54) is 13.1 Å². The van der Waals surface area contributed by atoms with E-state index in [9.17, 15) is 9.59 Å². The van der Waals surface area contributed by atoms with Crippen LogP contribution in [0.25, 0.3) is 11.4 Å². The number of amides is 2. The van der Waals surface area contributed by atoms with Crippen LogP contribution in [-0.2, 0) is 0 Å². The lowest BCUT2D eigenvalue weighted by Crippen LogP contribution is -2.26. The molecule has 0 saturated heterocycles. The molecule has 116 valence electrons. The summed E-state index contributed by atoms with van der Waals surface area (Å²) in [7, 11) is 1.48. The number of nitrogens with one attached hydrogen (secondary N) is 3. The number of ether oxygens (including phenoxy) is 1. The number of rotatable bonds is 5. The summed E-state index contributed by atoms with van der Waals surface area (Å²) < 4.78 is 5.66. The topological polar surface area (TPSA) is 96.1 Å². The van der Waals surface area contributed by atoms with Crippen LogP contribution in [0.15, 0.2) is 35.1 Å². The van der Waals surface area contributed by atoms with E-state index in [2.05, 4.69) is 20.6 Å². The van der Waals surface area contributed by atoms with Gasteiger partial charge in [0.2, 0.25) is 0 Å². The summed E-state index contributed by atoms with van der Waals surface area (Å²) in [4.78, 5) is 30.0. The minimum absolute atomic E-state index is 0.170. The number of anilines is 1. The first-order chi connectivity index (χ1) is 10.6. The number of aromatic nitrogens is 2. The number of hydrogen-bond donors (Lipinski definition) is 3. The minimum atomic E-state index is -0.445. The zero-order chi connectivity index (χ0) is 15.9. The molecule has 7 nitrogen and oxygen atoms in total. The Morgan fingerprint density at radius 2 is 2.14 bits per heavy atom. The Kier molecular flexibility index (Phi) is 5.13. The normalized spacial score (nSPS) is 10.1. The van der Waals surface area contributed by atoms with Gasteiger partial charge >= 0.3 is 6.03 Å². The second kappa shape index (κ2) is 7.26. The molecule has 7 heteroatoms. The number of urea groups is 1. The predicted octanol–water partition coefficient (Wildman–Crippen LogP) is 1.98. The Morgan fingerprint density at radius 1 is 1.36 bits per heavy atom. The average molecular weight is 302 g/mol. The van der Waals surface area contributed by atoms with Crippen molar-refractivity contribution in [1.82, 2.24) is 15.3 Å². The van der Waals surface area contributed by atoms with Crippen LogP contribution < -0.4 is 20.9 Å². The Bertz CT molecular complexity index is 712. The molecule has 0 aliphatic rings. The maximum absolute atomic E-state index is 11.8. The van der Waals surface area contributed by atoms with Crippen LogP contribution in [0.4, 0.5) is 10.6 Å². The van der Waals surface area contributed by atoms with E-state index in [1.54, 1.807) is 6.07 Å². The number of carbonyl (C=O) groups is 1. The molecular formula is C15H18N4O3. The summed E-state index contributed by atoms with van der Waals surface area (Å²) in [6.45, 7) is 2.58. The van der Waals surface area contributed by atoms with Gasteiger partial charge in [0.25, 0.3) is 5.56 Å². The molecule has 0 fully saturated rings. The van der Waals surface area contributed by atoms with Crippen LogP contribution >= 0.6 is 0 Å². The maximum atomic E-state index is 11.8. The fourth-order valence-electron chi connectivity index (χ4n) is 1.83. The average Bonchev–Trinajstić information content (AvgIpc) is 2.52. The van der Waals surface area contributed by atoms with Gasteiger partial charge < -0.3 is 15.0 Å². The van der Waals surface area contributed by atoms with Crippen molar-refractivity contribution < 1.29 is 9.53 Å². The molecule has 0 aliphatic carbocycles. The number of carbonyl (C=O) groups excluding carboxylic acids is 1. The van der Waals surface area contributed by atoms with Crippen molar-refractivity contribution in [3.8, 4) is 17.1 Å². The number of H-pyrrole nitrogens is 1. The summed E-state index contributed by atoms with van der Waals surface area (Å²) in [6.07, 6.45) is 0.872. The molecule has 0 spiro atoms. The first-order valence-electron chi connectivity index (χ1n) is 6.96. The highest BCUT2D eigenvalue weighted by Crippen LogP contribution is 2.27. The summed E-state index contributed by atoms with van der Waals surface area (Å²) >= 11 is 0. The third-order valence-electron chi connectivity index (χ3n) is 2.81. The van der Waals surface area contributed by atoms with E-state index in [1.807, 2.05) is 25.1 Å². The van der Waals surface area contributed by atoms with Crippen LogP contribution in [0.2, 0.25) is 0 Å². The zero-order valence-corrected chi connectivity index (χ0v) is 12.5. The molecule has 0 aliphatic heterocycles. The van der Waals surface area contributed by atoms with E-state index in [0.29, 0.717) is 23.7 Å². The SMILES string of the molecule is CCCOc1ccccc1-c1nc(NC(=O)NC)cc(=O)[nH]1. The summed E-state index contributed by atoms with van der Waals surface area (Å²) in [6, 6.07) is 8.05. The van der Waals surface area contributed by atoms with Crippen molar-refractivity contribution in [2.24, 2.45) is 0 Å². The van der Waals surface area contributed by atoms with Gasteiger partial charge in [-0.3, -0.25) is 10.1 Å². The highest BCUT2D eigenvalue weighted by Gasteiger charge is 2.10. The Hall–Kier alpha value is -2.83. The minimum Gasteiger partial charge on any atom is -0.493 e. The largest absolute Gasteiger partial charge is 0.493 e. The molecule has 0 saturated carbocycles. The summed E-state index contributed by atoms with van der Waals surface area (Å²) in [5, 5.41) is 4.89. The van der Waals surface area contributed by atoms with E-state index in [4.69, 9.17) is 4.74 Å². The van der Waals surface area contributed by atoms with Gasteiger partial charge in [0.15, 0.2) is 0 Å². The molecule has 1 heterocycles. The smallest absolute Gasteiger partial charge is 0.320 e. The van der Waals surface area contributed by atoms with Crippen molar-refractivity contribution in [2.45, 2.75) is 13.3 Å². The first kappa shape index (κ1) is 15.6. The van der Waals surface area contributed by atoms with Gasteiger partial charge in [-0.1, -0.05) is 19.1 Å². The highest BCUT2D eigenvalue weighted by atomic mass is 16.5. The number of para-hydroxylation sites is 1. The number of aromatic amines is 1. The van der Waals surface area contributed by atoms with Gasteiger partial charge in [0.05, 0.1) is 12.2 Å². The van der Waals surface area contributed by atoms with Crippen molar-refractivity contribution in [2.75, 3.05) is 19.0 Å². The lowest BCUT2D eigenvalue weighted by atomic mass is 10.2. The van der Waals surface area contributed by atoms with Crippen LogP contribution in [-0.4, -0.2) is 29.7 Å². The van der Waals surface area contributed by atoms with E-state index in [-0.39, 0.29) is 11.4 Å². The Labute approximate surface area is 127 Å². The molecule has 3 N–H and O–H groups in total. The first-order valence-corrected chi connectivity index (χ1v) is 6.96. The Morgan fingerprint density at radius 3 is 2.86 bits per heavy atom. The lowest BCUT2D eigenvalue weighted by Gasteiger charge is -2.11. The number of benzene rings is 1. The third kappa shape index (κ3) is 3.85. The quantitative estimate of drug-likeness (QED) is 0.787. The van der Waals surface area contributed by atoms with Crippen molar-refractivity contribution in [3.05, 3.63) is 40.7 Å². The molecule has 0 radical (unpaired) electrons. The number of nitrogens with zero attached hydrogens (tertiary/aromatic N) is 1. The maximum Gasteiger partial charge on any atom is 0.320 e. The van der Waals surface area contributed by atoms with E-state index < -0.39 is 6.03 Å². The standard InChI is InChI=1S/C15H18N4O3/c1-3-8-22-11-7-5-4-6-10(11)14-17-12(9-13(20)19-14)18-15(21)16-2/h4-7,9H,3,8H2,1-2H3,(H3,16,17,18,19,20,21). The second-order valence-electron chi connectivity index (χ2n) is 4.53. The second-order valence-corrected chi connectivity index (χ2v) is 4.53. The zero-order valence-electron chi connectivity index (χ0n) is 12.5. The van der Waals surface area contributed by atoms with Gasteiger partial charge in [0.1, 0.15) is 17.4 Å². The van der Waals surface area contributed by atoms with Crippen LogP contribution in [0.5, 0.6) is 5.75 Å². The van der Waals surface area contributed by atoms with Crippen LogP contribution in [0.3, 0.4) is 0 Å². The number of hydrogen-bond acceptors (Lipinski definition) is 4. The molecule has 1 aromatic carbocycles. The summed E-state index contributed by atoms with van der Waals surface area (Å²) in [5.74, 6) is 1.14. The monoisotopic (exact) mass is 302 g/mol. The van der Waals surface area contributed by atoms with Gasteiger partial charge in [-0.05, 0) is 18.6 Å². The van der Waals surface area contributed by atoms with Gasteiger partial charge in [-0.15, -0.1) is 0 Å². The van der Waals surface area contributed by atoms with Crippen LogP contribution in [0, 0.1) is 0 Å². The molecule has 0 atom stereocenters. The van der Waals surface area contributed by atoms with Gasteiger partial charge in [0, 0.05) is 13.1 Å². The van der Waals surface area contributed by atoms with Crippen molar-refractivity contribution in [3.63, 3.8) is 0 Å². The summed E-state index contributed by atoms with van der Waals surface area (Å²) in [5.41, 5.74) is 0.301. The lowest BCUT2D eigenvalue weighted by molar-refractivity contribution is 0.254. The molecular weight excluding hydrogens is 284 g/mol. The van der Waals surface area contributed by atoms with Crippen LogP contribution in [0.1, 0.15) is 13.3 Å². The molecule has 1 aromatic heterocycles. The van der Waals surface area contributed by atoms with Gasteiger partial charge in [-0.25, -0.2) is 9.78 Å². The fraction of sp³-hybridized carbons (Fsp3) is 0.267. The molecule has 0 bridgehead atoms. The van der Waals surface area contributed by atoms with Gasteiger partial charge in [-0.2, -0.15) is 0 Å².